The lowest BCUT2D eigenvalue weighted by Gasteiger charge is -2.15. The fourth-order valence-corrected chi connectivity index (χ4v) is 2.93. The number of rotatable bonds is 7. The van der Waals surface area contributed by atoms with Gasteiger partial charge in [0.05, 0.1) is 6.42 Å². The van der Waals surface area contributed by atoms with E-state index in [0.717, 1.165) is 22.3 Å². The van der Waals surface area contributed by atoms with Crippen molar-refractivity contribution in [1.82, 2.24) is 5.32 Å². The van der Waals surface area contributed by atoms with Gasteiger partial charge in [0.1, 0.15) is 6.04 Å². The van der Waals surface area contributed by atoms with Crippen molar-refractivity contribution >= 4 is 11.9 Å². The summed E-state index contributed by atoms with van der Waals surface area (Å²) < 4.78 is 0. The largest absolute Gasteiger partial charge is 0.480 e. The highest BCUT2D eigenvalue weighted by molar-refractivity contribution is 5.85. The van der Waals surface area contributed by atoms with Gasteiger partial charge in [0.2, 0.25) is 5.91 Å². The van der Waals surface area contributed by atoms with Gasteiger partial charge in [0.25, 0.3) is 0 Å². The number of hydrogen-bond donors (Lipinski definition) is 2. The monoisotopic (exact) mass is 359 g/mol. The SMILES string of the molecule is O=C(Cc1ccccc1)N[C@@H](Cc1ccc(-c2ccccc2)cc1)C(=O)O. The summed E-state index contributed by atoms with van der Waals surface area (Å²) in [7, 11) is 0. The van der Waals surface area contributed by atoms with Crippen molar-refractivity contribution in [2.45, 2.75) is 18.9 Å². The Morgan fingerprint density at radius 1 is 0.741 bits per heavy atom. The molecule has 2 N–H and O–H groups in total. The zero-order valence-electron chi connectivity index (χ0n) is 14.8. The summed E-state index contributed by atoms with van der Waals surface area (Å²) in [5.74, 6) is -1.34. The van der Waals surface area contributed by atoms with Crippen LogP contribution < -0.4 is 5.32 Å². The minimum Gasteiger partial charge on any atom is -0.480 e. The maximum atomic E-state index is 12.2. The number of amides is 1. The second-order valence-electron chi connectivity index (χ2n) is 6.39. The van der Waals surface area contributed by atoms with Crippen molar-refractivity contribution in [2.24, 2.45) is 0 Å². The van der Waals surface area contributed by atoms with Gasteiger partial charge in [-0.25, -0.2) is 4.79 Å². The molecule has 0 heterocycles. The first-order chi connectivity index (χ1) is 13.1. The molecule has 3 aromatic rings. The average Bonchev–Trinajstić information content (AvgIpc) is 2.69. The normalized spacial score (nSPS) is 11.6. The van der Waals surface area contributed by atoms with Crippen LogP contribution in [0.15, 0.2) is 84.9 Å². The van der Waals surface area contributed by atoms with Gasteiger partial charge < -0.3 is 10.4 Å². The van der Waals surface area contributed by atoms with E-state index in [0.29, 0.717) is 0 Å². The molecule has 0 radical (unpaired) electrons. The number of carboxylic acid groups (broad SMARTS) is 1. The van der Waals surface area contributed by atoms with E-state index in [1.165, 1.54) is 0 Å². The van der Waals surface area contributed by atoms with Crippen LogP contribution >= 0.6 is 0 Å². The van der Waals surface area contributed by atoms with Crippen molar-refractivity contribution in [1.29, 1.82) is 0 Å². The molecule has 1 amide bonds. The maximum Gasteiger partial charge on any atom is 0.326 e. The lowest BCUT2D eigenvalue weighted by atomic mass is 10.0. The average molecular weight is 359 g/mol. The predicted molar refractivity (Wildman–Crippen MR) is 105 cm³/mol. The molecule has 0 unspecified atom stereocenters. The van der Waals surface area contributed by atoms with Gasteiger partial charge in [-0.15, -0.1) is 0 Å². The summed E-state index contributed by atoms with van der Waals surface area (Å²) in [5, 5.41) is 12.1. The van der Waals surface area contributed by atoms with E-state index in [1.807, 2.05) is 84.9 Å². The van der Waals surface area contributed by atoms with E-state index in [1.54, 1.807) is 0 Å². The van der Waals surface area contributed by atoms with Gasteiger partial charge in [0.15, 0.2) is 0 Å². The first kappa shape index (κ1) is 18.4. The summed E-state index contributed by atoms with van der Waals surface area (Å²) in [6, 6.07) is 26.0. The van der Waals surface area contributed by atoms with Crippen LogP contribution in [0.5, 0.6) is 0 Å². The molecule has 4 nitrogen and oxygen atoms in total. The smallest absolute Gasteiger partial charge is 0.326 e. The molecule has 0 saturated heterocycles. The molecule has 4 heteroatoms. The molecule has 3 rings (SSSR count). The molecular formula is C23H21NO3. The minimum absolute atomic E-state index is 0.164. The van der Waals surface area contributed by atoms with E-state index in [2.05, 4.69) is 5.32 Å². The highest BCUT2D eigenvalue weighted by Gasteiger charge is 2.20. The fraction of sp³-hybridized carbons (Fsp3) is 0.130. The number of benzene rings is 3. The van der Waals surface area contributed by atoms with Gasteiger partial charge in [0, 0.05) is 6.42 Å². The second kappa shape index (κ2) is 8.81. The molecule has 0 bridgehead atoms. The summed E-state index contributed by atoms with van der Waals surface area (Å²) in [4.78, 5) is 23.7. The third kappa shape index (κ3) is 5.28. The van der Waals surface area contributed by atoms with Crippen LogP contribution in [0.25, 0.3) is 11.1 Å². The Balaban J connectivity index is 1.64. The second-order valence-corrected chi connectivity index (χ2v) is 6.39. The summed E-state index contributed by atoms with van der Waals surface area (Å²) in [6.45, 7) is 0. The molecule has 0 fully saturated rings. The van der Waals surface area contributed by atoms with Crippen molar-refractivity contribution in [3.05, 3.63) is 96.1 Å². The Morgan fingerprint density at radius 3 is 1.89 bits per heavy atom. The zero-order valence-corrected chi connectivity index (χ0v) is 14.8. The van der Waals surface area contributed by atoms with Gasteiger partial charge >= 0.3 is 5.97 Å². The first-order valence-corrected chi connectivity index (χ1v) is 8.82. The van der Waals surface area contributed by atoms with Crippen LogP contribution in [0.4, 0.5) is 0 Å². The molecule has 0 spiro atoms. The Bertz CT molecular complexity index is 890. The van der Waals surface area contributed by atoms with E-state index >= 15 is 0 Å². The number of nitrogens with one attached hydrogen (secondary N) is 1. The Labute approximate surface area is 158 Å². The molecule has 1 atom stereocenters. The zero-order chi connectivity index (χ0) is 19.1. The number of carboxylic acids is 1. The third-order valence-electron chi connectivity index (χ3n) is 4.34. The van der Waals surface area contributed by atoms with Crippen LogP contribution in [0.3, 0.4) is 0 Å². The number of hydrogen-bond acceptors (Lipinski definition) is 2. The maximum absolute atomic E-state index is 12.2. The highest BCUT2D eigenvalue weighted by Crippen LogP contribution is 2.19. The van der Waals surface area contributed by atoms with Gasteiger partial charge in [-0.2, -0.15) is 0 Å². The van der Waals surface area contributed by atoms with Crippen LogP contribution in [-0.4, -0.2) is 23.0 Å². The molecule has 0 aliphatic carbocycles. The lowest BCUT2D eigenvalue weighted by Crippen LogP contribution is -2.43. The first-order valence-electron chi connectivity index (χ1n) is 8.82. The molecule has 0 aliphatic rings. The fourth-order valence-electron chi connectivity index (χ4n) is 2.93. The van der Waals surface area contributed by atoms with Gasteiger partial charge in [-0.1, -0.05) is 84.9 Å². The van der Waals surface area contributed by atoms with E-state index in [-0.39, 0.29) is 18.7 Å². The summed E-state index contributed by atoms with van der Waals surface area (Å²) in [6.07, 6.45) is 0.405. The predicted octanol–water partition coefficient (Wildman–Crippen LogP) is 3.71. The van der Waals surface area contributed by atoms with Gasteiger partial charge in [-0.05, 0) is 22.3 Å². The van der Waals surface area contributed by atoms with Crippen LogP contribution in [0.2, 0.25) is 0 Å². The lowest BCUT2D eigenvalue weighted by molar-refractivity contribution is -0.141. The van der Waals surface area contributed by atoms with Crippen molar-refractivity contribution in [3.8, 4) is 11.1 Å². The third-order valence-corrected chi connectivity index (χ3v) is 4.34. The summed E-state index contributed by atoms with van der Waals surface area (Å²) >= 11 is 0. The minimum atomic E-state index is -1.04. The molecule has 136 valence electrons. The molecular weight excluding hydrogens is 338 g/mol. The summed E-state index contributed by atoms with van der Waals surface area (Å²) in [5.41, 5.74) is 3.89. The molecule has 0 aliphatic heterocycles. The number of carbonyl (C=O) groups is 2. The number of aliphatic carboxylic acids is 1. The van der Waals surface area contributed by atoms with Crippen molar-refractivity contribution in [3.63, 3.8) is 0 Å². The number of carbonyl (C=O) groups excluding carboxylic acids is 1. The van der Waals surface area contributed by atoms with E-state index in [4.69, 9.17) is 0 Å². The van der Waals surface area contributed by atoms with Crippen LogP contribution in [0, 0.1) is 0 Å². The topological polar surface area (TPSA) is 66.4 Å². The Kier molecular flexibility index (Phi) is 6.00. The molecule has 0 aromatic heterocycles. The standard InChI is InChI=1S/C23H21NO3/c25-22(16-17-7-3-1-4-8-17)24-21(23(26)27)15-18-11-13-20(14-12-18)19-9-5-2-6-10-19/h1-14,21H,15-16H2,(H,24,25)(H,26,27)/t21-/m0/s1. The van der Waals surface area contributed by atoms with Crippen LogP contribution in [-0.2, 0) is 22.4 Å². The Hall–Kier alpha value is -3.40. The van der Waals surface area contributed by atoms with E-state index < -0.39 is 12.0 Å². The van der Waals surface area contributed by atoms with Gasteiger partial charge in [-0.3, -0.25) is 4.79 Å². The quantitative estimate of drug-likeness (QED) is 0.676. The van der Waals surface area contributed by atoms with Crippen molar-refractivity contribution in [2.75, 3.05) is 0 Å². The molecule has 0 saturated carbocycles. The van der Waals surface area contributed by atoms with E-state index in [9.17, 15) is 14.7 Å². The van der Waals surface area contributed by atoms with Crippen molar-refractivity contribution < 1.29 is 14.7 Å². The molecule has 3 aromatic carbocycles. The highest BCUT2D eigenvalue weighted by atomic mass is 16.4. The van der Waals surface area contributed by atoms with Crippen LogP contribution in [0.1, 0.15) is 11.1 Å². The Morgan fingerprint density at radius 2 is 1.30 bits per heavy atom. The molecule has 27 heavy (non-hydrogen) atoms.